The fraction of sp³-hybridized carbons (Fsp3) is 0.286. The van der Waals surface area contributed by atoms with Crippen LogP contribution in [0.15, 0.2) is 34.9 Å². The average molecular weight is 247 g/mol. The van der Waals surface area contributed by atoms with Gasteiger partial charge in [0.2, 0.25) is 0 Å². The van der Waals surface area contributed by atoms with Crippen molar-refractivity contribution in [1.29, 1.82) is 0 Å². The van der Waals surface area contributed by atoms with Gasteiger partial charge in [-0.1, -0.05) is 0 Å². The molecule has 0 saturated carbocycles. The normalized spacial score (nSPS) is 10.2. The lowest BCUT2D eigenvalue weighted by Gasteiger charge is -2.10. The van der Waals surface area contributed by atoms with E-state index in [1.54, 1.807) is 20.5 Å². The summed E-state index contributed by atoms with van der Waals surface area (Å²) in [6.45, 7) is 2.65. The van der Waals surface area contributed by atoms with Gasteiger partial charge in [-0.3, -0.25) is 0 Å². The van der Waals surface area contributed by atoms with Gasteiger partial charge in [-0.15, -0.1) is 0 Å². The van der Waals surface area contributed by atoms with Gasteiger partial charge in [0.15, 0.2) is 0 Å². The van der Waals surface area contributed by atoms with Crippen LogP contribution >= 0.6 is 0 Å². The van der Waals surface area contributed by atoms with E-state index in [4.69, 9.17) is 13.9 Å². The van der Waals surface area contributed by atoms with Crippen molar-refractivity contribution < 1.29 is 13.9 Å². The molecule has 0 amide bonds. The number of furan rings is 1. The van der Waals surface area contributed by atoms with E-state index in [9.17, 15) is 0 Å². The van der Waals surface area contributed by atoms with Crippen LogP contribution in [-0.4, -0.2) is 14.2 Å². The lowest BCUT2D eigenvalue weighted by molar-refractivity contribution is 0.394. The fourth-order valence-electron chi connectivity index (χ4n) is 1.68. The number of nitrogens with one attached hydrogen (secondary N) is 1. The van der Waals surface area contributed by atoms with E-state index in [-0.39, 0.29) is 0 Å². The standard InChI is InChI=1S/C14H17NO3/c1-10-4-5-18-14(10)9-15-11-6-12(16-2)8-13(7-11)17-3/h4-8,15H,9H2,1-3H3. The van der Waals surface area contributed by atoms with Gasteiger partial charge in [-0.05, 0) is 18.6 Å². The number of hydrogen-bond acceptors (Lipinski definition) is 4. The summed E-state index contributed by atoms with van der Waals surface area (Å²) in [6, 6.07) is 7.62. The summed E-state index contributed by atoms with van der Waals surface area (Å²) in [7, 11) is 3.27. The number of hydrogen-bond donors (Lipinski definition) is 1. The number of anilines is 1. The van der Waals surface area contributed by atoms with Crippen molar-refractivity contribution in [2.45, 2.75) is 13.5 Å². The SMILES string of the molecule is COc1cc(NCc2occc2C)cc(OC)c1. The van der Waals surface area contributed by atoms with Crippen LogP contribution in [0.5, 0.6) is 11.5 Å². The molecular formula is C14H17NO3. The van der Waals surface area contributed by atoms with Gasteiger partial charge < -0.3 is 19.2 Å². The number of rotatable bonds is 5. The summed E-state index contributed by atoms with van der Waals surface area (Å²) in [5.74, 6) is 2.44. The molecule has 0 fully saturated rings. The molecular weight excluding hydrogens is 230 g/mol. The minimum absolute atomic E-state index is 0.634. The van der Waals surface area contributed by atoms with Gasteiger partial charge >= 0.3 is 0 Å². The maximum Gasteiger partial charge on any atom is 0.125 e. The molecule has 1 aromatic heterocycles. The first-order valence-electron chi connectivity index (χ1n) is 5.73. The van der Waals surface area contributed by atoms with Crippen molar-refractivity contribution in [3.63, 3.8) is 0 Å². The van der Waals surface area contributed by atoms with Crippen LogP contribution in [0.4, 0.5) is 5.69 Å². The van der Waals surface area contributed by atoms with Crippen LogP contribution in [0.25, 0.3) is 0 Å². The van der Waals surface area contributed by atoms with Crippen molar-refractivity contribution >= 4 is 5.69 Å². The van der Waals surface area contributed by atoms with Crippen molar-refractivity contribution in [2.75, 3.05) is 19.5 Å². The molecule has 96 valence electrons. The Balaban J connectivity index is 2.11. The highest BCUT2D eigenvalue weighted by atomic mass is 16.5. The molecule has 2 aromatic rings. The molecule has 0 radical (unpaired) electrons. The third-order valence-corrected chi connectivity index (χ3v) is 2.77. The van der Waals surface area contributed by atoms with E-state index in [0.29, 0.717) is 6.54 Å². The van der Waals surface area contributed by atoms with Gasteiger partial charge in [-0.2, -0.15) is 0 Å². The van der Waals surface area contributed by atoms with E-state index in [1.807, 2.05) is 31.2 Å². The molecule has 4 nitrogen and oxygen atoms in total. The first-order chi connectivity index (χ1) is 8.72. The predicted octanol–water partition coefficient (Wildman–Crippen LogP) is 3.22. The highest BCUT2D eigenvalue weighted by Gasteiger charge is 2.04. The Morgan fingerprint density at radius 3 is 2.28 bits per heavy atom. The van der Waals surface area contributed by atoms with Crippen LogP contribution in [0.1, 0.15) is 11.3 Å². The number of methoxy groups -OCH3 is 2. The summed E-state index contributed by atoms with van der Waals surface area (Å²) < 4.78 is 15.8. The Bertz CT molecular complexity index is 497. The van der Waals surface area contributed by atoms with Crippen molar-refractivity contribution in [3.05, 3.63) is 41.9 Å². The highest BCUT2D eigenvalue weighted by Crippen LogP contribution is 2.26. The Morgan fingerprint density at radius 1 is 1.11 bits per heavy atom. The maximum atomic E-state index is 5.37. The highest BCUT2D eigenvalue weighted by molar-refractivity contribution is 5.53. The predicted molar refractivity (Wildman–Crippen MR) is 70.3 cm³/mol. The molecule has 0 aliphatic heterocycles. The Hall–Kier alpha value is -2.10. The second-order valence-corrected chi connectivity index (χ2v) is 3.98. The summed E-state index contributed by atoms with van der Waals surface area (Å²) in [5, 5.41) is 3.28. The second-order valence-electron chi connectivity index (χ2n) is 3.98. The summed E-state index contributed by atoms with van der Waals surface area (Å²) in [5.41, 5.74) is 2.07. The molecule has 4 heteroatoms. The van der Waals surface area contributed by atoms with Crippen LogP contribution in [0.2, 0.25) is 0 Å². The van der Waals surface area contributed by atoms with E-state index < -0.39 is 0 Å². The molecule has 1 N–H and O–H groups in total. The topological polar surface area (TPSA) is 43.6 Å². The van der Waals surface area contributed by atoms with E-state index in [0.717, 1.165) is 28.5 Å². The molecule has 0 unspecified atom stereocenters. The van der Waals surface area contributed by atoms with Crippen LogP contribution in [-0.2, 0) is 6.54 Å². The Kier molecular flexibility index (Phi) is 3.77. The second kappa shape index (κ2) is 5.49. The number of ether oxygens (including phenoxy) is 2. The average Bonchev–Trinajstić information content (AvgIpc) is 2.81. The summed E-state index contributed by atoms with van der Waals surface area (Å²) >= 11 is 0. The lowest BCUT2D eigenvalue weighted by atomic mass is 10.2. The first kappa shape index (κ1) is 12.4. The van der Waals surface area contributed by atoms with Gasteiger partial charge in [0, 0.05) is 23.9 Å². The summed E-state index contributed by atoms with van der Waals surface area (Å²) in [6.07, 6.45) is 1.69. The Morgan fingerprint density at radius 2 is 1.78 bits per heavy atom. The summed E-state index contributed by atoms with van der Waals surface area (Å²) in [4.78, 5) is 0. The molecule has 0 bridgehead atoms. The zero-order chi connectivity index (χ0) is 13.0. The number of aryl methyl sites for hydroxylation is 1. The molecule has 1 heterocycles. The van der Waals surface area contributed by atoms with Gasteiger partial charge in [0.25, 0.3) is 0 Å². The van der Waals surface area contributed by atoms with E-state index >= 15 is 0 Å². The molecule has 0 aliphatic rings. The minimum atomic E-state index is 0.634. The molecule has 0 spiro atoms. The number of benzene rings is 1. The maximum absolute atomic E-state index is 5.37. The van der Waals surface area contributed by atoms with Gasteiger partial charge in [0.05, 0.1) is 27.0 Å². The van der Waals surface area contributed by atoms with Crippen LogP contribution in [0.3, 0.4) is 0 Å². The van der Waals surface area contributed by atoms with Crippen LogP contribution < -0.4 is 14.8 Å². The first-order valence-corrected chi connectivity index (χ1v) is 5.73. The lowest BCUT2D eigenvalue weighted by Crippen LogP contribution is -2.00. The van der Waals surface area contributed by atoms with Crippen molar-refractivity contribution in [3.8, 4) is 11.5 Å². The van der Waals surface area contributed by atoms with Crippen molar-refractivity contribution in [1.82, 2.24) is 0 Å². The molecule has 18 heavy (non-hydrogen) atoms. The molecule has 2 rings (SSSR count). The third kappa shape index (κ3) is 2.77. The van der Waals surface area contributed by atoms with Gasteiger partial charge in [0.1, 0.15) is 17.3 Å². The van der Waals surface area contributed by atoms with E-state index in [2.05, 4.69) is 5.32 Å². The Labute approximate surface area is 107 Å². The zero-order valence-electron chi connectivity index (χ0n) is 10.8. The third-order valence-electron chi connectivity index (χ3n) is 2.77. The molecule has 0 aliphatic carbocycles. The monoisotopic (exact) mass is 247 g/mol. The quantitative estimate of drug-likeness (QED) is 0.881. The largest absolute Gasteiger partial charge is 0.497 e. The fourth-order valence-corrected chi connectivity index (χ4v) is 1.68. The molecule has 1 aromatic carbocycles. The smallest absolute Gasteiger partial charge is 0.125 e. The van der Waals surface area contributed by atoms with E-state index in [1.165, 1.54) is 0 Å². The molecule has 0 saturated heterocycles. The van der Waals surface area contributed by atoms with Gasteiger partial charge in [-0.25, -0.2) is 0 Å². The zero-order valence-corrected chi connectivity index (χ0v) is 10.8. The van der Waals surface area contributed by atoms with Crippen LogP contribution in [0, 0.1) is 6.92 Å². The molecule has 0 atom stereocenters. The van der Waals surface area contributed by atoms with Crippen molar-refractivity contribution in [2.24, 2.45) is 0 Å². The minimum Gasteiger partial charge on any atom is -0.497 e.